The average molecular weight is 665 g/mol. The third kappa shape index (κ3) is 3.75. The molecule has 12 aromatic rings. The van der Waals surface area contributed by atoms with E-state index in [9.17, 15) is 0 Å². The molecule has 0 aliphatic heterocycles. The summed E-state index contributed by atoms with van der Waals surface area (Å²) >= 11 is 0. The third-order valence-corrected chi connectivity index (χ3v) is 10.9. The second-order valence-electron chi connectivity index (χ2n) is 13.7. The van der Waals surface area contributed by atoms with Crippen LogP contribution >= 0.6 is 0 Å². The normalized spacial score (nSPS) is 12.2. The summed E-state index contributed by atoms with van der Waals surface area (Å²) in [6, 6.07) is 60.6. The zero-order chi connectivity index (χ0) is 33.9. The molecule has 4 aromatic heterocycles. The van der Waals surface area contributed by atoms with Crippen LogP contribution in [0.5, 0.6) is 0 Å². The van der Waals surface area contributed by atoms with E-state index in [1.54, 1.807) is 0 Å². The number of rotatable bonds is 3. The van der Waals surface area contributed by atoms with E-state index < -0.39 is 0 Å². The van der Waals surface area contributed by atoms with Crippen molar-refractivity contribution in [2.45, 2.75) is 0 Å². The molecule has 0 unspecified atom stereocenters. The number of benzene rings is 8. The van der Waals surface area contributed by atoms with Crippen LogP contribution in [-0.4, -0.2) is 9.13 Å². The van der Waals surface area contributed by atoms with Crippen molar-refractivity contribution in [3.8, 4) is 22.5 Å². The van der Waals surface area contributed by atoms with Gasteiger partial charge in [0.15, 0.2) is 0 Å². The minimum Gasteiger partial charge on any atom is -0.456 e. The number of hydrogen-bond acceptors (Lipinski definition) is 2. The molecule has 4 heteroatoms. The fraction of sp³-hybridized carbons (Fsp3) is 0. The topological polar surface area (TPSA) is 36.1 Å². The van der Waals surface area contributed by atoms with Gasteiger partial charge >= 0.3 is 0 Å². The van der Waals surface area contributed by atoms with Crippen LogP contribution in [0.3, 0.4) is 0 Å². The fourth-order valence-corrected chi connectivity index (χ4v) is 8.60. The Morgan fingerprint density at radius 3 is 1.75 bits per heavy atom. The van der Waals surface area contributed by atoms with Gasteiger partial charge in [0.2, 0.25) is 0 Å². The highest BCUT2D eigenvalue weighted by Gasteiger charge is 2.21. The molecule has 0 saturated carbocycles. The van der Waals surface area contributed by atoms with Gasteiger partial charge in [-0.15, -0.1) is 0 Å². The van der Waals surface area contributed by atoms with Gasteiger partial charge in [-0.05, 0) is 90.0 Å². The molecule has 52 heavy (non-hydrogen) atoms. The van der Waals surface area contributed by atoms with Crippen molar-refractivity contribution in [2.75, 3.05) is 0 Å². The van der Waals surface area contributed by atoms with Gasteiger partial charge < -0.3 is 18.0 Å². The highest BCUT2D eigenvalue weighted by molar-refractivity contribution is 6.24. The summed E-state index contributed by atoms with van der Waals surface area (Å²) in [5.41, 5.74) is 12.6. The summed E-state index contributed by atoms with van der Waals surface area (Å²) in [7, 11) is 0. The molecule has 0 aliphatic rings. The first-order valence-corrected chi connectivity index (χ1v) is 17.7. The first kappa shape index (κ1) is 27.7. The second kappa shape index (κ2) is 10.3. The van der Waals surface area contributed by atoms with Gasteiger partial charge in [-0.3, -0.25) is 0 Å². The summed E-state index contributed by atoms with van der Waals surface area (Å²) in [4.78, 5) is 0. The van der Waals surface area contributed by atoms with Crippen LogP contribution in [0.25, 0.3) is 110 Å². The number of aromatic nitrogens is 2. The monoisotopic (exact) mass is 664 g/mol. The first-order valence-electron chi connectivity index (χ1n) is 17.7. The molecule has 8 aromatic carbocycles. The Hall–Kier alpha value is -7.04. The molecular weight excluding hydrogens is 637 g/mol. The third-order valence-electron chi connectivity index (χ3n) is 10.9. The molecule has 0 fully saturated rings. The van der Waals surface area contributed by atoms with Gasteiger partial charge in [0.1, 0.15) is 22.3 Å². The molecule has 0 radical (unpaired) electrons. The van der Waals surface area contributed by atoms with Gasteiger partial charge in [-0.25, -0.2) is 0 Å². The number of nitrogens with zero attached hydrogens (tertiary/aromatic N) is 2. The maximum absolute atomic E-state index is 6.88. The maximum atomic E-state index is 6.88. The van der Waals surface area contributed by atoms with Crippen molar-refractivity contribution >= 4 is 87.5 Å². The van der Waals surface area contributed by atoms with Gasteiger partial charge in [0, 0.05) is 49.1 Å². The molecule has 12 rings (SSSR count). The van der Waals surface area contributed by atoms with Gasteiger partial charge in [-0.1, -0.05) is 91.0 Å². The Bertz CT molecular complexity index is 3360. The zero-order valence-corrected chi connectivity index (χ0v) is 27.9. The summed E-state index contributed by atoms with van der Waals surface area (Å²) in [6.07, 6.45) is 0. The zero-order valence-electron chi connectivity index (χ0n) is 27.9. The lowest BCUT2D eigenvalue weighted by molar-refractivity contribution is 0.669. The molecule has 0 saturated heterocycles. The van der Waals surface area contributed by atoms with Crippen molar-refractivity contribution < 1.29 is 8.83 Å². The van der Waals surface area contributed by atoms with Crippen molar-refractivity contribution in [1.82, 2.24) is 9.13 Å². The van der Waals surface area contributed by atoms with E-state index in [1.807, 2.05) is 12.1 Å². The predicted molar refractivity (Wildman–Crippen MR) is 215 cm³/mol. The Labute approximate surface area is 296 Å². The standard InChI is InChI=1S/C48H28N2O2/c1-2-10-29(11-3-1)30-18-21-36-37-23-24-42-47(48(37)52-46(36)26-30)38-22-19-32(49-40-15-7-4-12-33(40)34-13-5-8-16-41(34)49)28-43(38)50(42)31-20-25-45-39(27-31)35-14-6-9-17-44(35)51-45/h1-28H. The molecule has 0 N–H and O–H groups in total. The molecule has 0 aliphatic carbocycles. The van der Waals surface area contributed by atoms with Crippen molar-refractivity contribution in [3.63, 3.8) is 0 Å². The average Bonchev–Trinajstić information content (AvgIpc) is 3.95. The van der Waals surface area contributed by atoms with Crippen molar-refractivity contribution in [2.24, 2.45) is 0 Å². The Morgan fingerprint density at radius 1 is 0.308 bits per heavy atom. The van der Waals surface area contributed by atoms with Crippen LogP contribution in [0.2, 0.25) is 0 Å². The molecule has 0 spiro atoms. The highest BCUT2D eigenvalue weighted by Crippen LogP contribution is 2.43. The summed E-state index contributed by atoms with van der Waals surface area (Å²) in [5, 5.41) is 9.18. The molecule has 0 bridgehead atoms. The molecule has 0 amide bonds. The molecular formula is C48H28N2O2. The van der Waals surface area contributed by atoms with E-state index in [-0.39, 0.29) is 0 Å². The van der Waals surface area contributed by atoms with Gasteiger partial charge in [0.05, 0.1) is 27.5 Å². The molecule has 4 heterocycles. The first-order chi connectivity index (χ1) is 25.8. The minimum absolute atomic E-state index is 0.880. The lowest BCUT2D eigenvalue weighted by Gasteiger charge is -2.11. The van der Waals surface area contributed by atoms with E-state index in [0.29, 0.717) is 0 Å². The summed E-state index contributed by atoms with van der Waals surface area (Å²) in [6.45, 7) is 0. The highest BCUT2D eigenvalue weighted by atomic mass is 16.3. The number of furan rings is 2. The second-order valence-corrected chi connectivity index (χ2v) is 13.7. The van der Waals surface area contributed by atoms with Crippen LogP contribution in [0, 0.1) is 0 Å². The van der Waals surface area contributed by atoms with Crippen LogP contribution in [0.4, 0.5) is 0 Å². The van der Waals surface area contributed by atoms with Crippen LogP contribution in [0.15, 0.2) is 179 Å². The smallest absolute Gasteiger partial charge is 0.145 e. The minimum atomic E-state index is 0.880. The quantitative estimate of drug-likeness (QED) is 0.188. The van der Waals surface area contributed by atoms with Crippen LogP contribution in [-0.2, 0) is 0 Å². The molecule has 242 valence electrons. The number of fused-ring (bicyclic) bond motifs is 13. The fourth-order valence-electron chi connectivity index (χ4n) is 8.60. The Kier molecular flexibility index (Phi) is 5.47. The Morgan fingerprint density at radius 2 is 0.923 bits per heavy atom. The van der Waals surface area contributed by atoms with E-state index >= 15 is 0 Å². The SMILES string of the molecule is c1ccc(-c2ccc3c(c2)oc2c3ccc3c2c2ccc(-n4c5ccccc5c5ccccc54)cc2n3-c2ccc3oc4ccccc4c3c2)cc1. The van der Waals surface area contributed by atoms with Crippen molar-refractivity contribution in [1.29, 1.82) is 0 Å². The Balaban J connectivity index is 1.19. The summed E-state index contributed by atoms with van der Waals surface area (Å²) < 4.78 is 17.9. The van der Waals surface area contributed by atoms with E-state index in [2.05, 4.69) is 167 Å². The van der Waals surface area contributed by atoms with E-state index in [1.165, 1.54) is 27.4 Å². The predicted octanol–water partition coefficient (Wildman–Crippen LogP) is 13.3. The van der Waals surface area contributed by atoms with E-state index in [4.69, 9.17) is 8.83 Å². The molecule has 4 nitrogen and oxygen atoms in total. The lowest BCUT2D eigenvalue weighted by Crippen LogP contribution is -1.97. The molecule has 0 atom stereocenters. The van der Waals surface area contributed by atoms with Crippen LogP contribution < -0.4 is 0 Å². The lowest BCUT2D eigenvalue weighted by atomic mass is 10.0. The van der Waals surface area contributed by atoms with Crippen molar-refractivity contribution in [3.05, 3.63) is 170 Å². The maximum Gasteiger partial charge on any atom is 0.145 e. The number of hydrogen-bond donors (Lipinski definition) is 0. The largest absolute Gasteiger partial charge is 0.456 e. The van der Waals surface area contributed by atoms with Gasteiger partial charge in [0.25, 0.3) is 0 Å². The van der Waals surface area contributed by atoms with Gasteiger partial charge in [-0.2, -0.15) is 0 Å². The summed E-state index contributed by atoms with van der Waals surface area (Å²) in [5.74, 6) is 0. The van der Waals surface area contributed by atoms with Crippen LogP contribution in [0.1, 0.15) is 0 Å². The number of para-hydroxylation sites is 3. The van der Waals surface area contributed by atoms with E-state index in [0.717, 1.165) is 82.6 Å².